The van der Waals surface area contributed by atoms with Crippen molar-refractivity contribution in [2.45, 2.75) is 19.8 Å². The number of hydrogen-bond acceptors (Lipinski definition) is 7. The van der Waals surface area contributed by atoms with Crippen molar-refractivity contribution in [3.63, 3.8) is 0 Å². The molecule has 0 aliphatic carbocycles. The number of ketones is 2. The van der Waals surface area contributed by atoms with Gasteiger partial charge in [0.1, 0.15) is 29.6 Å². The Balaban J connectivity index is 1.74. The molecule has 7 nitrogen and oxygen atoms in total. The van der Waals surface area contributed by atoms with Crippen molar-refractivity contribution in [2.75, 3.05) is 27.4 Å². The Morgan fingerprint density at radius 3 is 2.29 bits per heavy atom. The fraction of sp³-hybridized carbons (Fsp3) is 0.269. The van der Waals surface area contributed by atoms with Gasteiger partial charge >= 0.3 is 0 Å². The first-order chi connectivity index (χ1) is 16.4. The summed E-state index contributed by atoms with van der Waals surface area (Å²) >= 11 is 0. The minimum atomic E-state index is -0.335. The minimum absolute atomic E-state index is 0.0163. The number of aryl methyl sites for hydroxylation is 1. The first-order valence-corrected chi connectivity index (χ1v) is 10.7. The van der Waals surface area contributed by atoms with Crippen molar-refractivity contribution < 1.29 is 33.3 Å². The normalized spacial score (nSPS) is 10.6. The number of Topliss-reactive ketones (excluding diaryl/α,β-unsaturated/α-hetero) is 2. The average Bonchev–Trinajstić information content (AvgIpc) is 2.86. The van der Waals surface area contributed by atoms with E-state index >= 15 is 0 Å². The predicted molar refractivity (Wildman–Crippen MR) is 124 cm³/mol. The smallest absolute Gasteiger partial charge is 0.181 e. The van der Waals surface area contributed by atoms with Crippen molar-refractivity contribution in [3.8, 4) is 28.5 Å². The lowest BCUT2D eigenvalue weighted by Gasteiger charge is -2.11. The molecule has 1 N–H and O–H groups in total. The number of benzene rings is 2. The van der Waals surface area contributed by atoms with E-state index in [9.17, 15) is 14.0 Å². The van der Waals surface area contributed by atoms with Crippen LogP contribution >= 0.6 is 0 Å². The van der Waals surface area contributed by atoms with Gasteiger partial charge in [0, 0.05) is 24.0 Å². The highest BCUT2D eigenvalue weighted by Gasteiger charge is 2.17. The second-order valence-electron chi connectivity index (χ2n) is 7.50. The van der Waals surface area contributed by atoms with E-state index in [1.807, 2.05) is 0 Å². The molecule has 3 rings (SSSR count). The Bertz CT molecular complexity index is 1190. The van der Waals surface area contributed by atoms with Crippen LogP contribution < -0.4 is 14.2 Å². The second-order valence-corrected chi connectivity index (χ2v) is 7.50. The Labute approximate surface area is 197 Å². The molecular weight excluding hydrogens is 441 g/mol. The quantitative estimate of drug-likeness (QED) is 0.417. The maximum Gasteiger partial charge on any atom is 0.181 e. The van der Waals surface area contributed by atoms with E-state index in [2.05, 4.69) is 4.98 Å². The molecule has 0 radical (unpaired) electrons. The summed E-state index contributed by atoms with van der Waals surface area (Å²) in [6.07, 6.45) is -0.0529. The second kappa shape index (κ2) is 11.4. The van der Waals surface area contributed by atoms with Crippen LogP contribution in [0.15, 0.2) is 48.5 Å². The van der Waals surface area contributed by atoms with Gasteiger partial charge in [-0.15, -0.1) is 0 Å². The number of nitrogens with zero attached hydrogens (tertiary/aromatic N) is 1. The molecule has 0 aliphatic rings. The molecule has 0 saturated carbocycles. The van der Waals surface area contributed by atoms with Crippen LogP contribution in [0.3, 0.4) is 0 Å². The fourth-order valence-electron chi connectivity index (χ4n) is 3.38. The van der Waals surface area contributed by atoms with Gasteiger partial charge in [0.05, 0.1) is 20.8 Å². The third-order valence-corrected chi connectivity index (χ3v) is 5.21. The summed E-state index contributed by atoms with van der Waals surface area (Å²) in [7, 11) is 2.94. The molecule has 0 unspecified atom stereocenters. The molecule has 1 aromatic heterocycles. The lowest BCUT2D eigenvalue weighted by Crippen LogP contribution is -2.08. The van der Waals surface area contributed by atoms with Crippen molar-refractivity contribution in [1.82, 2.24) is 4.98 Å². The van der Waals surface area contributed by atoms with Crippen LogP contribution in [0.2, 0.25) is 0 Å². The number of carbonyl (C=O) groups excluding carboxylic acids is 2. The van der Waals surface area contributed by atoms with Gasteiger partial charge in [-0.2, -0.15) is 0 Å². The molecule has 8 heteroatoms. The average molecular weight is 467 g/mol. The van der Waals surface area contributed by atoms with Gasteiger partial charge in [-0.05, 0) is 61.0 Å². The van der Waals surface area contributed by atoms with Crippen molar-refractivity contribution in [3.05, 3.63) is 71.2 Å². The molecule has 0 amide bonds. The molecule has 34 heavy (non-hydrogen) atoms. The van der Waals surface area contributed by atoms with Crippen molar-refractivity contribution in [2.24, 2.45) is 0 Å². The standard InChI is InChI=1S/C26H26FNO6/c1-16-14-18(4-6-19(16)27)26-24(32-2)11-7-20(28-26)22(31)9-8-21(30)17-5-10-23(34-13-12-29)25(15-17)33-3/h4-7,10-11,14-15,29H,8-9,12-13H2,1-3H3. The van der Waals surface area contributed by atoms with E-state index in [1.165, 1.54) is 20.3 Å². The Hall–Kier alpha value is -3.78. The van der Waals surface area contributed by atoms with Crippen molar-refractivity contribution in [1.29, 1.82) is 0 Å². The lowest BCUT2D eigenvalue weighted by molar-refractivity contribution is 0.0914. The summed E-state index contributed by atoms with van der Waals surface area (Å²) in [5.74, 6) is 0.360. The van der Waals surface area contributed by atoms with E-state index in [4.69, 9.17) is 19.3 Å². The number of rotatable bonds is 11. The number of hydrogen-bond donors (Lipinski definition) is 1. The largest absolute Gasteiger partial charge is 0.494 e. The molecule has 0 aliphatic heterocycles. The fourth-order valence-corrected chi connectivity index (χ4v) is 3.38. The van der Waals surface area contributed by atoms with E-state index in [1.54, 1.807) is 49.4 Å². The molecule has 0 bridgehead atoms. The van der Waals surface area contributed by atoms with Gasteiger partial charge < -0.3 is 19.3 Å². The molecular formula is C26H26FNO6. The summed E-state index contributed by atoms with van der Waals surface area (Å²) in [5.41, 5.74) is 2.07. The Morgan fingerprint density at radius 1 is 0.912 bits per heavy atom. The number of carbonyl (C=O) groups is 2. The van der Waals surface area contributed by atoms with E-state index in [0.717, 1.165) is 0 Å². The zero-order valence-electron chi connectivity index (χ0n) is 19.3. The lowest BCUT2D eigenvalue weighted by atomic mass is 10.0. The van der Waals surface area contributed by atoms with Gasteiger partial charge in [-0.1, -0.05) is 0 Å². The number of pyridine rings is 1. The van der Waals surface area contributed by atoms with E-state index in [-0.39, 0.29) is 49.1 Å². The van der Waals surface area contributed by atoms with Gasteiger partial charge in [0.2, 0.25) is 0 Å². The third kappa shape index (κ3) is 5.77. The SMILES string of the molecule is COc1cc(C(=O)CCC(=O)c2ccc(OC)c(-c3ccc(F)c(C)c3)n2)ccc1OCCO. The summed E-state index contributed by atoms with van der Waals surface area (Å²) in [5, 5.41) is 8.91. The number of halogens is 1. The van der Waals surface area contributed by atoms with Crippen LogP contribution in [-0.2, 0) is 0 Å². The van der Waals surface area contributed by atoms with Crippen LogP contribution in [0.5, 0.6) is 17.2 Å². The van der Waals surface area contributed by atoms with Crippen LogP contribution in [0.25, 0.3) is 11.3 Å². The molecule has 2 aromatic carbocycles. The molecule has 178 valence electrons. The highest BCUT2D eigenvalue weighted by Crippen LogP contribution is 2.31. The first-order valence-electron chi connectivity index (χ1n) is 10.7. The Kier molecular flexibility index (Phi) is 8.32. The number of ether oxygens (including phenoxy) is 3. The zero-order valence-corrected chi connectivity index (χ0v) is 19.3. The molecule has 0 spiro atoms. The monoisotopic (exact) mass is 467 g/mol. The molecule has 1 heterocycles. The highest BCUT2D eigenvalue weighted by molar-refractivity contribution is 6.02. The van der Waals surface area contributed by atoms with Crippen LogP contribution in [0.4, 0.5) is 4.39 Å². The van der Waals surface area contributed by atoms with E-state index in [0.29, 0.717) is 39.6 Å². The Morgan fingerprint density at radius 2 is 1.62 bits per heavy atom. The number of methoxy groups -OCH3 is 2. The summed E-state index contributed by atoms with van der Waals surface area (Å²) in [6.45, 7) is 1.60. The first kappa shape index (κ1) is 24.9. The minimum Gasteiger partial charge on any atom is -0.494 e. The van der Waals surface area contributed by atoms with Crippen LogP contribution in [-0.4, -0.2) is 49.1 Å². The summed E-state index contributed by atoms with van der Waals surface area (Å²) in [4.78, 5) is 29.9. The topological polar surface area (TPSA) is 95.0 Å². The van der Waals surface area contributed by atoms with Gasteiger partial charge in [-0.25, -0.2) is 9.37 Å². The highest BCUT2D eigenvalue weighted by atomic mass is 19.1. The van der Waals surface area contributed by atoms with Crippen molar-refractivity contribution >= 4 is 11.6 Å². The van der Waals surface area contributed by atoms with Crippen LogP contribution in [0, 0.1) is 12.7 Å². The predicted octanol–water partition coefficient (Wildman–Crippen LogP) is 4.43. The number of aliphatic hydroxyl groups is 1. The van der Waals surface area contributed by atoms with E-state index < -0.39 is 0 Å². The maximum absolute atomic E-state index is 13.7. The zero-order chi connectivity index (χ0) is 24.7. The third-order valence-electron chi connectivity index (χ3n) is 5.21. The van der Waals surface area contributed by atoms with Gasteiger partial charge in [0.15, 0.2) is 23.1 Å². The summed E-state index contributed by atoms with van der Waals surface area (Å²) in [6, 6.07) is 12.4. The molecule has 0 atom stereocenters. The maximum atomic E-state index is 13.7. The molecule has 0 fully saturated rings. The molecule has 0 saturated heterocycles. The molecule has 3 aromatic rings. The van der Waals surface area contributed by atoms with Crippen LogP contribution in [0.1, 0.15) is 39.3 Å². The summed E-state index contributed by atoms with van der Waals surface area (Å²) < 4.78 is 29.7. The van der Waals surface area contributed by atoms with Gasteiger partial charge in [0.25, 0.3) is 0 Å². The number of aromatic nitrogens is 1. The van der Waals surface area contributed by atoms with Gasteiger partial charge in [-0.3, -0.25) is 9.59 Å². The number of aliphatic hydroxyl groups excluding tert-OH is 1.